The fourth-order valence-corrected chi connectivity index (χ4v) is 1.86. The number of benzene rings is 1. The molecular weight excluding hydrogens is 220 g/mol. The Balaban J connectivity index is 2.60. The predicted octanol–water partition coefficient (Wildman–Crippen LogP) is 3.72. The van der Waals surface area contributed by atoms with Crippen LogP contribution in [-0.2, 0) is 0 Å². The number of hydrogen-bond donors (Lipinski definition) is 0. The van der Waals surface area contributed by atoms with Crippen molar-refractivity contribution in [3.05, 3.63) is 46.4 Å². The van der Waals surface area contributed by atoms with E-state index in [4.69, 9.17) is 11.6 Å². The van der Waals surface area contributed by atoms with Gasteiger partial charge in [-0.25, -0.2) is 9.97 Å². The Bertz CT molecular complexity index is 535. The number of hydrogen-bond acceptors (Lipinski definition) is 2. The highest BCUT2D eigenvalue weighted by molar-refractivity contribution is 6.29. The molecule has 3 heteroatoms. The SMILES string of the molecule is Cc1cc(C)c(-c2cc(Cl)ncn2)cc1C. The molecule has 16 heavy (non-hydrogen) atoms. The molecule has 82 valence electrons. The molecule has 0 saturated carbocycles. The van der Waals surface area contributed by atoms with E-state index in [0.29, 0.717) is 5.15 Å². The molecule has 0 saturated heterocycles. The molecule has 0 aliphatic heterocycles. The summed E-state index contributed by atoms with van der Waals surface area (Å²) in [4.78, 5) is 8.14. The van der Waals surface area contributed by atoms with E-state index in [-0.39, 0.29) is 0 Å². The molecule has 1 aromatic heterocycles. The van der Waals surface area contributed by atoms with E-state index in [1.807, 2.05) is 0 Å². The van der Waals surface area contributed by atoms with Gasteiger partial charge >= 0.3 is 0 Å². The Morgan fingerprint density at radius 1 is 0.875 bits per heavy atom. The summed E-state index contributed by atoms with van der Waals surface area (Å²) in [7, 11) is 0. The van der Waals surface area contributed by atoms with Crippen molar-refractivity contribution in [3.8, 4) is 11.3 Å². The van der Waals surface area contributed by atoms with Crippen LogP contribution in [0.25, 0.3) is 11.3 Å². The fourth-order valence-electron chi connectivity index (χ4n) is 1.72. The van der Waals surface area contributed by atoms with E-state index in [2.05, 4.69) is 42.9 Å². The van der Waals surface area contributed by atoms with Crippen LogP contribution in [0.2, 0.25) is 5.15 Å². The van der Waals surface area contributed by atoms with Gasteiger partial charge < -0.3 is 0 Å². The van der Waals surface area contributed by atoms with Gasteiger partial charge in [-0.1, -0.05) is 17.7 Å². The smallest absolute Gasteiger partial charge is 0.133 e. The predicted molar refractivity (Wildman–Crippen MR) is 66.7 cm³/mol. The summed E-state index contributed by atoms with van der Waals surface area (Å²) in [6, 6.07) is 6.10. The number of aromatic nitrogens is 2. The highest BCUT2D eigenvalue weighted by Crippen LogP contribution is 2.25. The molecule has 0 spiro atoms. The van der Waals surface area contributed by atoms with Crippen LogP contribution in [0, 0.1) is 20.8 Å². The molecule has 0 radical (unpaired) electrons. The van der Waals surface area contributed by atoms with Crippen LogP contribution in [0.5, 0.6) is 0 Å². The number of rotatable bonds is 1. The van der Waals surface area contributed by atoms with Crippen molar-refractivity contribution in [2.45, 2.75) is 20.8 Å². The number of halogens is 1. The molecule has 1 heterocycles. The van der Waals surface area contributed by atoms with E-state index in [9.17, 15) is 0 Å². The minimum atomic E-state index is 0.475. The van der Waals surface area contributed by atoms with Gasteiger partial charge in [0, 0.05) is 11.6 Å². The Kier molecular flexibility index (Phi) is 2.92. The second kappa shape index (κ2) is 4.22. The van der Waals surface area contributed by atoms with Gasteiger partial charge in [-0.2, -0.15) is 0 Å². The van der Waals surface area contributed by atoms with E-state index in [1.165, 1.54) is 23.0 Å². The van der Waals surface area contributed by atoms with E-state index < -0.39 is 0 Å². The van der Waals surface area contributed by atoms with Gasteiger partial charge in [0.2, 0.25) is 0 Å². The highest BCUT2D eigenvalue weighted by Gasteiger charge is 2.06. The molecule has 0 atom stereocenters. The largest absolute Gasteiger partial charge is 0.236 e. The first-order chi connectivity index (χ1) is 7.58. The second-order valence-corrected chi connectivity index (χ2v) is 4.36. The lowest BCUT2D eigenvalue weighted by atomic mass is 9.99. The Morgan fingerprint density at radius 3 is 2.25 bits per heavy atom. The monoisotopic (exact) mass is 232 g/mol. The quantitative estimate of drug-likeness (QED) is 0.701. The first kappa shape index (κ1) is 11.1. The highest BCUT2D eigenvalue weighted by atomic mass is 35.5. The molecular formula is C13H13ClN2. The van der Waals surface area contributed by atoms with Crippen molar-refractivity contribution in [1.82, 2.24) is 9.97 Å². The van der Waals surface area contributed by atoms with Gasteiger partial charge in [-0.15, -0.1) is 0 Å². The van der Waals surface area contributed by atoms with Crippen LogP contribution in [0.15, 0.2) is 24.5 Å². The summed E-state index contributed by atoms with van der Waals surface area (Å²) in [6.45, 7) is 6.29. The summed E-state index contributed by atoms with van der Waals surface area (Å²) in [5.41, 5.74) is 5.75. The third kappa shape index (κ3) is 2.07. The topological polar surface area (TPSA) is 25.8 Å². The standard InChI is InChI=1S/C13H13ClN2/c1-8-4-10(3)11(5-9(8)2)12-6-13(14)16-7-15-12/h4-7H,1-3H3. The lowest BCUT2D eigenvalue weighted by Gasteiger charge is -2.09. The molecule has 0 aliphatic rings. The third-order valence-corrected chi connectivity index (χ3v) is 2.96. The van der Waals surface area contributed by atoms with Crippen molar-refractivity contribution in [1.29, 1.82) is 0 Å². The van der Waals surface area contributed by atoms with Gasteiger partial charge in [-0.05, 0) is 43.5 Å². The normalized spacial score (nSPS) is 10.5. The second-order valence-electron chi connectivity index (χ2n) is 3.98. The van der Waals surface area contributed by atoms with Gasteiger partial charge in [0.25, 0.3) is 0 Å². The first-order valence-electron chi connectivity index (χ1n) is 5.13. The van der Waals surface area contributed by atoms with Gasteiger partial charge in [-0.3, -0.25) is 0 Å². The van der Waals surface area contributed by atoms with Crippen LogP contribution >= 0.6 is 11.6 Å². The number of aryl methyl sites for hydroxylation is 3. The maximum atomic E-state index is 5.87. The third-order valence-electron chi connectivity index (χ3n) is 2.75. The number of nitrogens with zero attached hydrogens (tertiary/aromatic N) is 2. The maximum Gasteiger partial charge on any atom is 0.133 e. The summed E-state index contributed by atoms with van der Waals surface area (Å²) >= 11 is 5.87. The molecule has 0 unspecified atom stereocenters. The first-order valence-corrected chi connectivity index (χ1v) is 5.51. The van der Waals surface area contributed by atoms with Crippen LogP contribution in [0.4, 0.5) is 0 Å². The maximum absolute atomic E-state index is 5.87. The summed E-state index contributed by atoms with van der Waals surface area (Å²) in [5.74, 6) is 0. The van der Waals surface area contributed by atoms with Crippen molar-refractivity contribution < 1.29 is 0 Å². The molecule has 2 aromatic rings. The zero-order chi connectivity index (χ0) is 11.7. The van der Waals surface area contributed by atoms with Crippen LogP contribution in [-0.4, -0.2) is 9.97 Å². The molecule has 0 aliphatic carbocycles. The lowest BCUT2D eigenvalue weighted by molar-refractivity contribution is 1.16. The fraction of sp³-hybridized carbons (Fsp3) is 0.231. The van der Waals surface area contributed by atoms with Gasteiger partial charge in [0.1, 0.15) is 11.5 Å². The molecule has 0 amide bonds. The minimum absolute atomic E-state index is 0.475. The van der Waals surface area contributed by atoms with Crippen LogP contribution in [0.3, 0.4) is 0 Å². The summed E-state index contributed by atoms with van der Waals surface area (Å²) < 4.78 is 0. The zero-order valence-electron chi connectivity index (χ0n) is 9.58. The van der Waals surface area contributed by atoms with E-state index >= 15 is 0 Å². The van der Waals surface area contributed by atoms with Gasteiger partial charge in [0.05, 0.1) is 5.69 Å². The molecule has 1 aromatic carbocycles. The Morgan fingerprint density at radius 2 is 1.56 bits per heavy atom. The molecule has 2 rings (SSSR count). The molecule has 0 N–H and O–H groups in total. The van der Waals surface area contributed by atoms with Crippen molar-refractivity contribution in [2.24, 2.45) is 0 Å². The zero-order valence-corrected chi connectivity index (χ0v) is 10.3. The molecule has 0 bridgehead atoms. The minimum Gasteiger partial charge on any atom is -0.236 e. The van der Waals surface area contributed by atoms with Crippen molar-refractivity contribution >= 4 is 11.6 Å². The van der Waals surface area contributed by atoms with Gasteiger partial charge in [0.15, 0.2) is 0 Å². The molecule has 2 nitrogen and oxygen atoms in total. The van der Waals surface area contributed by atoms with E-state index in [0.717, 1.165) is 11.3 Å². The summed E-state index contributed by atoms with van der Waals surface area (Å²) in [6.07, 6.45) is 1.49. The Labute approximate surface area is 100 Å². The van der Waals surface area contributed by atoms with Crippen molar-refractivity contribution in [2.75, 3.05) is 0 Å². The Hall–Kier alpha value is -1.41. The molecule has 0 fully saturated rings. The lowest BCUT2D eigenvalue weighted by Crippen LogP contribution is -1.91. The van der Waals surface area contributed by atoms with E-state index in [1.54, 1.807) is 6.07 Å². The van der Waals surface area contributed by atoms with Crippen LogP contribution < -0.4 is 0 Å². The average molecular weight is 233 g/mol. The average Bonchev–Trinajstić information content (AvgIpc) is 2.23. The van der Waals surface area contributed by atoms with Crippen LogP contribution in [0.1, 0.15) is 16.7 Å². The van der Waals surface area contributed by atoms with Crippen molar-refractivity contribution in [3.63, 3.8) is 0 Å². The summed E-state index contributed by atoms with van der Waals surface area (Å²) in [5, 5.41) is 0.475.